The summed E-state index contributed by atoms with van der Waals surface area (Å²) in [6, 6.07) is 8.65. The first-order valence-corrected chi connectivity index (χ1v) is 7.21. The molecule has 0 aromatic heterocycles. The Kier molecular flexibility index (Phi) is 3.67. The molecule has 1 N–H and O–H groups in total. The predicted molar refractivity (Wildman–Crippen MR) is 74.0 cm³/mol. The molecule has 2 heterocycles. The van der Waals surface area contributed by atoms with Crippen molar-refractivity contribution >= 4 is 5.78 Å². The summed E-state index contributed by atoms with van der Waals surface area (Å²) in [4.78, 5) is 12.4. The van der Waals surface area contributed by atoms with E-state index >= 15 is 0 Å². The van der Waals surface area contributed by atoms with E-state index in [0.29, 0.717) is 18.2 Å². The first kappa shape index (κ1) is 12.8. The van der Waals surface area contributed by atoms with E-state index < -0.39 is 0 Å². The van der Waals surface area contributed by atoms with Crippen LogP contribution in [0, 0.1) is 5.92 Å². The van der Waals surface area contributed by atoms with E-state index in [1.54, 1.807) is 0 Å². The zero-order valence-corrected chi connectivity index (χ0v) is 11.4. The van der Waals surface area contributed by atoms with Gasteiger partial charge in [-0.05, 0) is 37.4 Å². The van der Waals surface area contributed by atoms with Crippen LogP contribution in [0.15, 0.2) is 24.3 Å². The molecule has 1 aromatic carbocycles. The van der Waals surface area contributed by atoms with E-state index in [4.69, 9.17) is 4.74 Å². The largest absolute Gasteiger partial charge is 0.373 e. The molecule has 0 saturated carbocycles. The van der Waals surface area contributed by atoms with Crippen molar-refractivity contribution < 1.29 is 9.53 Å². The fourth-order valence-electron chi connectivity index (χ4n) is 3.28. The number of ether oxygens (including phenoxy) is 1. The van der Waals surface area contributed by atoms with Crippen molar-refractivity contribution in [1.29, 1.82) is 0 Å². The molecule has 0 bridgehead atoms. The van der Waals surface area contributed by atoms with E-state index in [2.05, 4.69) is 30.4 Å². The van der Waals surface area contributed by atoms with Crippen LogP contribution in [0.1, 0.15) is 37.0 Å². The van der Waals surface area contributed by atoms with Crippen LogP contribution in [0.3, 0.4) is 0 Å². The second kappa shape index (κ2) is 5.43. The number of nitrogens with one attached hydrogen (secondary N) is 1. The SMILES string of the molecule is CC1NCCC1C(=O)CC1OCCc2ccccc21. The molecule has 3 unspecified atom stereocenters. The van der Waals surface area contributed by atoms with Crippen LogP contribution >= 0.6 is 0 Å². The lowest BCUT2D eigenvalue weighted by Crippen LogP contribution is -2.30. The van der Waals surface area contributed by atoms with E-state index in [-0.39, 0.29) is 12.0 Å². The normalized spacial score (nSPS) is 30.1. The first-order chi connectivity index (χ1) is 9.25. The van der Waals surface area contributed by atoms with Gasteiger partial charge < -0.3 is 10.1 Å². The Balaban J connectivity index is 1.72. The summed E-state index contributed by atoms with van der Waals surface area (Å²) in [7, 11) is 0. The van der Waals surface area contributed by atoms with Gasteiger partial charge in [-0.2, -0.15) is 0 Å². The van der Waals surface area contributed by atoms with Crippen molar-refractivity contribution in [2.24, 2.45) is 5.92 Å². The second-order valence-electron chi connectivity index (χ2n) is 5.62. The molecule has 102 valence electrons. The predicted octanol–water partition coefficient (Wildman–Crippen LogP) is 2.26. The number of rotatable bonds is 3. The van der Waals surface area contributed by atoms with Gasteiger partial charge in [0.2, 0.25) is 0 Å². The molecule has 1 aromatic rings. The van der Waals surface area contributed by atoms with E-state index in [1.165, 1.54) is 11.1 Å². The van der Waals surface area contributed by atoms with Gasteiger partial charge >= 0.3 is 0 Å². The summed E-state index contributed by atoms with van der Waals surface area (Å²) in [6.07, 6.45) is 2.41. The summed E-state index contributed by atoms with van der Waals surface area (Å²) < 4.78 is 5.83. The molecule has 0 radical (unpaired) electrons. The quantitative estimate of drug-likeness (QED) is 0.905. The molecule has 2 aliphatic rings. The lowest BCUT2D eigenvalue weighted by molar-refractivity contribution is -0.126. The minimum Gasteiger partial charge on any atom is -0.373 e. The number of carbonyl (C=O) groups excluding carboxylic acids is 1. The molecule has 3 heteroatoms. The zero-order chi connectivity index (χ0) is 13.2. The topological polar surface area (TPSA) is 38.3 Å². The molecule has 19 heavy (non-hydrogen) atoms. The molecule has 2 aliphatic heterocycles. The van der Waals surface area contributed by atoms with Crippen LogP contribution in [0.4, 0.5) is 0 Å². The minimum absolute atomic E-state index is 0.0368. The van der Waals surface area contributed by atoms with Crippen LogP contribution < -0.4 is 5.32 Å². The van der Waals surface area contributed by atoms with Crippen LogP contribution in [0.5, 0.6) is 0 Å². The van der Waals surface area contributed by atoms with Crippen molar-refractivity contribution in [3.05, 3.63) is 35.4 Å². The number of benzene rings is 1. The van der Waals surface area contributed by atoms with Gasteiger partial charge in [0, 0.05) is 18.4 Å². The van der Waals surface area contributed by atoms with Crippen molar-refractivity contribution in [1.82, 2.24) is 5.32 Å². The minimum atomic E-state index is -0.0368. The third kappa shape index (κ3) is 2.58. The Hall–Kier alpha value is -1.19. The van der Waals surface area contributed by atoms with Crippen LogP contribution in [-0.4, -0.2) is 25.0 Å². The Morgan fingerprint density at radius 1 is 1.42 bits per heavy atom. The highest BCUT2D eigenvalue weighted by Crippen LogP contribution is 2.31. The number of hydrogen-bond acceptors (Lipinski definition) is 3. The maximum Gasteiger partial charge on any atom is 0.140 e. The van der Waals surface area contributed by atoms with Crippen molar-refractivity contribution in [2.45, 2.75) is 38.3 Å². The van der Waals surface area contributed by atoms with Gasteiger partial charge in [0.05, 0.1) is 12.7 Å². The highest BCUT2D eigenvalue weighted by molar-refractivity contribution is 5.82. The van der Waals surface area contributed by atoms with Crippen molar-refractivity contribution in [3.63, 3.8) is 0 Å². The molecule has 1 saturated heterocycles. The Labute approximate surface area is 114 Å². The standard InChI is InChI=1S/C16H21NO2/c1-11-13(6-8-17-11)15(18)10-16-14-5-3-2-4-12(14)7-9-19-16/h2-5,11,13,16-17H,6-10H2,1H3. The molecule has 0 aliphatic carbocycles. The molecule has 3 nitrogen and oxygen atoms in total. The van der Waals surface area contributed by atoms with Gasteiger partial charge in [-0.3, -0.25) is 4.79 Å². The summed E-state index contributed by atoms with van der Waals surface area (Å²) in [5, 5.41) is 3.35. The fourth-order valence-corrected chi connectivity index (χ4v) is 3.28. The highest BCUT2D eigenvalue weighted by atomic mass is 16.5. The third-order valence-corrected chi connectivity index (χ3v) is 4.42. The first-order valence-electron chi connectivity index (χ1n) is 7.21. The van der Waals surface area contributed by atoms with Crippen molar-refractivity contribution in [2.75, 3.05) is 13.2 Å². The molecule has 1 fully saturated rings. The van der Waals surface area contributed by atoms with Crippen LogP contribution in [0.25, 0.3) is 0 Å². The number of Topliss-reactive ketones (excluding diaryl/α,β-unsaturated/α-hetero) is 1. The molecular formula is C16H21NO2. The average Bonchev–Trinajstić information content (AvgIpc) is 2.85. The monoisotopic (exact) mass is 259 g/mol. The van der Waals surface area contributed by atoms with E-state index in [0.717, 1.165) is 26.0 Å². The number of ketones is 1. The van der Waals surface area contributed by atoms with Gasteiger partial charge in [-0.25, -0.2) is 0 Å². The Morgan fingerprint density at radius 3 is 3.05 bits per heavy atom. The number of fused-ring (bicyclic) bond motifs is 1. The Bertz CT molecular complexity index is 472. The van der Waals surface area contributed by atoms with Gasteiger partial charge in [-0.1, -0.05) is 24.3 Å². The summed E-state index contributed by atoms with van der Waals surface area (Å²) >= 11 is 0. The lowest BCUT2D eigenvalue weighted by atomic mass is 9.89. The highest BCUT2D eigenvalue weighted by Gasteiger charge is 2.32. The molecule has 3 rings (SSSR count). The molecular weight excluding hydrogens is 238 g/mol. The Morgan fingerprint density at radius 2 is 2.26 bits per heavy atom. The second-order valence-corrected chi connectivity index (χ2v) is 5.62. The van der Waals surface area contributed by atoms with E-state index in [9.17, 15) is 4.79 Å². The maximum absolute atomic E-state index is 12.4. The van der Waals surface area contributed by atoms with Gasteiger partial charge in [0.25, 0.3) is 0 Å². The fraction of sp³-hybridized carbons (Fsp3) is 0.562. The summed E-state index contributed by atoms with van der Waals surface area (Å²) in [6.45, 7) is 3.79. The van der Waals surface area contributed by atoms with Crippen LogP contribution in [-0.2, 0) is 16.0 Å². The number of carbonyl (C=O) groups is 1. The van der Waals surface area contributed by atoms with Gasteiger partial charge in [-0.15, -0.1) is 0 Å². The molecule has 3 atom stereocenters. The van der Waals surface area contributed by atoms with E-state index in [1.807, 2.05) is 6.07 Å². The maximum atomic E-state index is 12.4. The smallest absolute Gasteiger partial charge is 0.140 e. The van der Waals surface area contributed by atoms with Gasteiger partial charge in [0.15, 0.2) is 0 Å². The number of hydrogen-bond donors (Lipinski definition) is 1. The van der Waals surface area contributed by atoms with Crippen LogP contribution in [0.2, 0.25) is 0 Å². The lowest BCUT2D eigenvalue weighted by Gasteiger charge is -2.27. The zero-order valence-electron chi connectivity index (χ0n) is 11.4. The van der Waals surface area contributed by atoms with Crippen molar-refractivity contribution in [3.8, 4) is 0 Å². The van der Waals surface area contributed by atoms with Gasteiger partial charge in [0.1, 0.15) is 5.78 Å². The summed E-state index contributed by atoms with van der Waals surface area (Å²) in [5.74, 6) is 0.511. The molecule has 0 amide bonds. The third-order valence-electron chi connectivity index (χ3n) is 4.42. The summed E-state index contributed by atoms with van der Waals surface area (Å²) in [5.41, 5.74) is 2.55. The average molecular weight is 259 g/mol. The molecule has 0 spiro atoms.